The number of amides is 1. The molecule has 0 aromatic heterocycles. The van der Waals surface area contributed by atoms with Gasteiger partial charge in [0.25, 0.3) is 0 Å². The molecule has 1 heterocycles. The summed E-state index contributed by atoms with van der Waals surface area (Å²) >= 11 is 0. The van der Waals surface area contributed by atoms with Crippen molar-refractivity contribution in [1.29, 1.82) is 0 Å². The van der Waals surface area contributed by atoms with Gasteiger partial charge in [-0.2, -0.15) is 13.2 Å². The van der Waals surface area contributed by atoms with E-state index in [2.05, 4.69) is 5.32 Å². The highest BCUT2D eigenvalue weighted by molar-refractivity contribution is 5.93. The number of alkyl halides is 3. The van der Waals surface area contributed by atoms with Crippen LogP contribution < -0.4 is 11.1 Å². The first-order valence-electron chi connectivity index (χ1n) is 5.73. The average Bonchev–Trinajstić information content (AvgIpc) is 2.83. The van der Waals surface area contributed by atoms with E-state index in [9.17, 15) is 18.0 Å². The van der Waals surface area contributed by atoms with Crippen LogP contribution in [0.2, 0.25) is 0 Å². The first-order valence-corrected chi connectivity index (χ1v) is 5.73. The van der Waals surface area contributed by atoms with Crippen LogP contribution in [0.25, 0.3) is 0 Å². The predicted molar refractivity (Wildman–Crippen MR) is 63.4 cm³/mol. The highest BCUT2D eigenvalue weighted by Gasteiger charge is 2.35. The molecule has 0 bridgehead atoms. The van der Waals surface area contributed by atoms with Gasteiger partial charge < -0.3 is 15.8 Å². The van der Waals surface area contributed by atoms with Crippen molar-refractivity contribution < 1.29 is 22.7 Å². The van der Waals surface area contributed by atoms with Crippen LogP contribution in [0.4, 0.5) is 24.5 Å². The minimum Gasteiger partial charge on any atom is -0.399 e. The zero-order chi connectivity index (χ0) is 14.0. The Bertz CT molecular complexity index is 482. The molecular weight excluding hydrogens is 261 g/mol. The monoisotopic (exact) mass is 274 g/mol. The maximum atomic E-state index is 12.8. The van der Waals surface area contributed by atoms with Gasteiger partial charge in [-0.1, -0.05) is 0 Å². The molecule has 7 heteroatoms. The second-order valence-electron chi connectivity index (χ2n) is 4.35. The molecule has 1 unspecified atom stereocenters. The molecule has 0 saturated carbocycles. The summed E-state index contributed by atoms with van der Waals surface area (Å²) in [6.07, 6.45) is -4.05. The fourth-order valence-electron chi connectivity index (χ4n) is 1.88. The Kier molecular flexibility index (Phi) is 3.66. The lowest BCUT2D eigenvalue weighted by Gasteiger charge is -2.16. The molecule has 1 atom stereocenters. The molecule has 1 aromatic rings. The minimum absolute atomic E-state index is 0.00507. The van der Waals surface area contributed by atoms with Crippen molar-refractivity contribution in [2.45, 2.75) is 12.6 Å². The molecule has 104 valence electrons. The Morgan fingerprint density at radius 2 is 2.16 bits per heavy atom. The van der Waals surface area contributed by atoms with Crippen LogP contribution in [0.15, 0.2) is 18.2 Å². The summed E-state index contributed by atoms with van der Waals surface area (Å²) in [7, 11) is 0. The summed E-state index contributed by atoms with van der Waals surface area (Å²) in [6, 6.07) is 3.28. The van der Waals surface area contributed by atoms with Gasteiger partial charge in [-0.3, -0.25) is 4.79 Å². The van der Waals surface area contributed by atoms with Crippen LogP contribution in [-0.4, -0.2) is 19.1 Å². The summed E-state index contributed by atoms with van der Waals surface area (Å²) in [6.45, 7) is 0.689. The Morgan fingerprint density at radius 3 is 2.74 bits per heavy atom. The molecule has 3 N–H and O–H groups in total. The number of hydrogen-bond acceptors (Lipinski definition) is 3. The van der Waals surface area contributed by atoms with Gasteiger partial charge in [-0.05, 0) is 24.6 Å². The van der Waals surface area contributed by atoms with E-state index in [1.807, 2.05) is 0 Å². The molecule has 0 radical (unpaired) electrons. The van der Waals surface area contributed by atoms with Crippen molar-refractivity contribution in [1.82, 2.24) is 0 Å². The second kappa shape index (κ2) is 5.08. The van der Waals surface area contributed by atoms with Gasteiger partial charge in [0.1, 0.15) is 0 Å². The lowest BCUT2D eigenvalue weighted by molar-refractivity contribution is -0.136. The van der Waals surface area contributed by atoms with Crippen molar-refractivity contribution in [2.75, 3.05) is 24.3 Å². The smallest absolute Gasteiger partial charge is 0.399 e. The summed E-state index contributed by atoms with van der Waals surface area (Å²) in [5.41, 5.74) is 4.12. The zero-order valence-electron chi connectivity index (χ0n) is 9.96. The fourth-order valence-corrected chi connectivity index (χ4v) is 1.88. The van der Waals surface area contributed by atoms with Crippen LogP contribution in [0.5, 0.6) is 0 Å². The zero-order valence-corrected chi connectivity index (χ0v) is 9.96. The van der Waals surface area contributed by atoms with Crippen molar-refractivity contribution >= 4 is 17.3 Å². The van der Waals surface area contributed by atoms with Gasteiger partial charge >= 0.3 is 6.18 Å². The third-order valence-corrected chi connectivity index (χ3v) is 2.91. The van der Waals surface area contributed by atoms with Crippen molar-refractivity contribution in [2.24, 2.45) is 5.92 Å². The SMILES string of the molecule is Nc1ccc(NC(=O)C2CCOC2)c(C(F)(F)F)c1. The number of nitrogen functional groups attached to an aromatic ring is 1. The number of nitrogens with one attached hydrogen (secondary N) is 1. The lowest BCUT2D eigenvalue weighted by atomic mass is 10.1. The van der Waals surface area contributed by atoms with Crippen LogP contribution in [0, 0.1) is 5.92 Å². The second-order valence-corrected chi connectivity index (χ2v) is 4.35. The molecule has 1 aliphatic heterocycles. The van der Waals surface area contributed by atoms with E-state index in [1.165, 1.54) is 6.07 Å². The first kappa shape index (κ1) is 13.7. The molecular formula is C12H13F3N2O2. The van der Waals surface area contributed by atoms with E-state index < -0.39 is 23.6 Å². The van der Waals surface area contributed by atoms with Gasteiger partial charge in [0.15, 0.2) is 0 Å². The summed E-state index contributed by atoms with van der Waals surface area (Å²) in [5, 5.41) is 2.29. The summed E-state index contributed by atoms with van der Waals surface area (Å²) in [5.74, 6) is -0.869. The molecule has 1 saturated heterocycles. The number of halogens is 3. The number of rotatable bonds is 2. The number of anilines is 2. The van der Waals surface area contributed by atoms with Crippen molar-refractivity contribution in [3.05, 3.63) is 23.8 Å². The Morgan fingerprint density at radius 1 is 1.42 bits per heavy atom. The van der Waals surface area contributed by atoms with Gasteiger partial charge in [-0.15, -0.1) is 0 Å². The van der Waals surface area contributed by atoms with E-state index in [-0.39, 0.29) is 18.0 Å². The fraction of sp³-hybridized carbons (Fsp3) is 0.417. The maximum absolute atomic E-state index is 12.8. The summed E-state index contributed by atoms with van der Waals surface area (Å²) < 4.78 is 43.5. The third kappa shape index (κ3) is 3.17. The van der Waals surface area contributed by atoms with Gasteiger partial charge in [0.2, 0.25) is 5.91 Å². The van der Waals surface area contributed by atoms with Crippen LogP contribution in [0.1, 0.15) is 12.0 Å². The molecule has 0 aliphatic carbocycles. The maximum Gasteiger partial charge on any atom is 0.418 e. The predicted octanol–water partition coefficient (Wildman–Crippen LogP) is 2.26. The number of carbonyl (C=O) groups excluding carboxylic acids is 1. The van der Waals surface area contributed by atoms with Gasteiger partial charge in [0.05, 0.1) is 23.8 Å². The molecule has 1 fully saturated rings. The number of carbonyl (C=O) groups is 1. The molecule has 4 nitrogen and oxygen atoms in total. The van der Waals surface area contributed by atoms with Gasteiger partial charge in [0, 0.05) is 12.3 Å². The molecule has 19 heavy (non-hydrogen) atoms. The molecule has 2 rings (SSSR count). The Balaban J connectivity index is 2.22. The number of hydrogen-bond donors (Lipinski definition) is 2. The van der Waals surface area contributed by atoms with Crippen molar-refractivity contribution in [3.8, 4) is 0 Å². The standard InChI is InChI=1S/C12H13F3N2O2/c13-12(14,15)9-5-8(16)1-2-10(9)17-11(18)7-3-4-19-6-7/h1-2,5,7H,3-4,6,16H2,(H,17,18). The average molecular weight is 274 g/mol. The molecule has 1 amide bonds. The Hall–Kier alpha value is -1.76. The van der Waals surface area contributed by atoms with E-state index in [1.54, 1.807) is 0 Å². The van der Waals surface area contributed by atoms with E-state index in [4.69, 9.17) is 10.5 Å². The lowest BCUT2D eigenvalue weighted by Crippen LogP contribution is -2.24. The third-order valence-electron chi connectivity index (χ3n) is 2.91. The highest BCUT2D eigenvalue weighted by atomic mass is 19.4. The highest BCUT2D eigenvalue weighted by Crippen LogP contribution is 2.36. The van der Waals surface area contributed by atoms with E-state index in [0.717, 1.165) is 12.1 Å². The van der Waals surface area contributed by atoms with Crippen LogP contribution in [0.3, 0.4) is 0 Å². The van der Waals surface area contributed by atoms with E-state index in [0.29, 0.717) is 13.0 Å². The quantitative estimate of drug-likeness (QED) is 0.813. The molecule has 1 aliphatic rings. The van der Waals surface area contributed by atoms with Crippen LogP contribution in [-0.2, 0) is 15.7 Å². The number of benzene rings is 1. The van der Waals surface area contributed by atoms with Gasteiger partial charge in [-0.25, -0.2) is 0 Å². The normalized spacial score (nSPS) is 19.4. The largest absolute Gasteiger partial charge is 0.418 e. The van der Waals surface area contributed by atoms with Crippen molar-refractivity contribution in [3.63, 3.8) is 0 Å². The molecule has 1 aromatic carbocycles. The first-order chi connectivity index (χ1) is 8.88. The topological polar surface area (TPSA) is 64.3 Å². The summed E-state index contributed by atoms with van der Waals surface area (Å²) in [4.78, 5) is 11.8. The number of ether oxygens (including phenoxy) is 1. The molecule has 0 spiro atoms. The van der Waals surface area contributed by atoms with Crippen LogP contribution >= 0.6 is 0 Å². The van der Waals surface area contributed by atoms with E-state index >= 15 is 0 Å². The Labute approximate surface area is 107 Å². The minimum atomic E-state index is -4.57. The number of nitrogens with two attached hydrogens (primary N) is 1.